The van der Waals surface area contributed by atoms with Gasteiger partial charge in [-0.1, -0.05) is 17.7 Å². The minimum Gasteiger partial charge on any atom is -0.324 e. The Morgan fingerprint density at radius 2 is 1.70 bits per heavy atom. The van der Waals surface area contributed by atoms with Gasteiger partial charge in [-0.15, -0.1) is 0 Å². The van der Waals surface area contributed by atoms with Gasteiger partial charge in [0.05, 0.1) is 28.5 Å². The number of nitrogens with one attached hydrogen (secondary N) is 1. The first-order valence-electron chi connectivity index (χ1n) is 10.0. The summed E-state index contributed by atoms with van der Waals surface area (Å²) in [6, 6.07) is 10.1. The van der Waals surface area contributed by atoms with E-state index in [2.05, 4.69) is 10.4 Å². The van der Waals surface area contributed by atoms with E-state index in [0.717, 1.165) is 4.90 Å². The highest BCUT2D eigenvalue weighted by atomic mass is 35.5. The van der Waals surface area contributed by atoms with Gasteiger partial charge in [0.1, 0.15) is 6.04 Å². The van der Waals surface area contributed by atoms with Gasteiger partial charge < -0.3 is 5.32 Å². The van der Waals surface area contributed by atoms with Crippen LogP contribution in [0.1, 0.15) is 0 Å². The lowest BCUT2D eigenvalue weighted by Gasteiger charge is -2.30. The average molecular weight is 466 g/mol. The SMILES string of the molecule is O=C(Nc1ccc(Cl)cc1)[C@@H]1[C@@H]2C(=O)N(c3ccc([N+](=O)[O-])cc3)C(=O)[C@H]2[C@@H]2C=CC=NN12. The second-order valence-electron chi connectivity index (χ2n) is 7.80. The number of benzene rings is 2. The highest BCUT2D eigenvalue weighted by molar-refractivity contribution is 6.30. The molecule has 2 aromatic rings. The number of halogens is 1. The number of nitro benzene ring substituents is 1. The molecule has 0 aliphatic carbocycles. The number of amides is 3. The summed E-state index contributed by atoms with van der Waals surface area (Å²) >= 11 is 5.90. The molecule has 1 N–H and O–H groups in total. The molecule has 2 saturated heterocycles. The predicted molar refractivity (Wildman–Crippen MR) is 120 cm³/mol. The molecule has 11 heteroatoms. The maximum absolute atomic E-state index is 13.4. The molecule has 33 heavy (non-hydrogen) atoms. The molecule has 0 bridgehead atoms. The zero-order valence-electron chi connectivity index (χ0n) is 16.9. The first-order chi connectivity index (χ1) is 15.9. The largest absolute Gasteiger partial charge is 0.324 e. The molecule has 3 aliphatic heterocycles. The molecular weight excluding hydrogens is 450 g/mol. The summed E-state index contributed by atoms with van der Waals surface area (Å²) in [6.45, 7) is 0. The molecule has 0 unspecified atom stereocenters. The number of nitrogens with zero attached hydrogens (tertiary/aromatic N) is 4. The minimum absolute atomic E-state index is 0.158. The van der Waals surface area contributed by atoms with Crippen molar-refractivity contribution in [3.05, 3.63) is 75.8 Å². The number of allylic oxidation sites excluding steroid dienone is 1. The lowest BCUT2D eigenvalue weighted by atomic mass is 9.88. The van der Waals surface area contributed by atoms with Crippen LogP contribution in [0, 0.1) is 22.0 Å². The number of rotatable bonds is 4. The zero-order chi connectivity index (χ0) is 23.3. The van der Waals surface area contributed by atoms with E-state index in [0.29, 0.717) is 10.7 Å². The van der Waals surface area contributed by atoms with Crippen molar-refractivity contribution in [3.63, 3.8) is 0 Å². The molecule has 10 nitrogen and oxygen atoms in total. The third kappa shape index (κ3) is 3.35. The lowest BCUT2D eigenvalue weighted by Crippen LogP contribution is -2.47. The van der Waals surface area contributed by atoms with Crippen LogP contribution in [0.5, 0.6) is 0 Å². The van der Waals surface area contributed by atoms with Crippen LogP contribution in [0.4, 0.5) is 17.1 Å². The summed E-state index contributed by atoms with van der Waals surface area (Å²) in [7, 11) is 0. The van der Waals surface area contributed by atoms with Gasteiger partial charge in [0, 0.05) is 29.1 Å². The van der Waals surface area contributed by atoms with Gasteiger partial charge in [-0.3, -0.25) is 29.5 Å². The molecule has 0 spiro atoms. The molecule has 166 valence electrons. The Kier molecular flexibility index (Phi) is 4.94. The fraction of sp³-hybridized carbons (Fsp3) is 0.182. The summed E-state index contributed by atoms with van der Waals surface area (Å²) in [4.78, 5) is 51.4. The van der Waals surface area contributed by atoms with E-state index in [-0.39, 0.29) is 11.4 Å². The molecule has 2 aromatic carbocycles. The Morgan fingerprint density at radius 3 is 2.36 bits per heavy atom. The number of hydrogen-bond donors (Lipinski definition) is 1. The number of carbonyl (C=O) groups is 3. The highest BCUT2D eigenvalue weighted by Gasteiger charge is 2.64. The monoisotopic (exact) mass is 465 g/mol. The van der Waals surface area contributed by atoms with Crippen LogP contribution < -0.4 is 10.2 Å². The standard InChI is InChI=1S/C22H16ClN5O5/c23-12-3-5-13(6-4-12)25-20(29)19-18-17(16-2-1-11-24-27(16)19)21(30)26(22(18)31)14-7-9-15(10-8-14)28(32)33/h1-11,16-19H,(H,25,29)/t16-,17-,18+,19-/m0/s1. The lowest BCUT2D eigenvalue weighted by molar-refractivity contribution is -0.384. The van der Waals surface area contributed by atoms with E-state index in [1.54, 1.807) is 36.4 Å². The molecule has 0 aromatic heterocycles. The van der Waals surface area contributed by atoms with Crippen LogP contribution in [0.15, 0.2) is 65.8 Å². The van der Waals surface area contributed by atoms with Crippen molar-refractivity contribution in [1.82, 2.24) is 5.01 Å². The second kappa shape index (κ2) is 7.82. The van der Waals surface area contributed by atoms with Gasteiger partial charge in [-0.2, -0.15) is 5.10 Å². The van der Waals surface area contributed by atoms with E-state index in [4.69, 9.17) is 11.6 Å². The Balaban J connectivity index is 1.48. The van der Waals surface area contributed by atoms with Gasteiger partial charge in [0.15, 0.2) is 0 Å². The van der Waals surface area contributed by atoms with Crippen LogP contribution in [0.3, 0.4) is 0 Å². The number of hydrazone groups is 1. The van der Waals surface area contributed by atoms with Gasteiger partial charge in [-0.05, 0) is 42.5 Å². The van der Waals surface area contributed by atoms with E-state index >= 15 is 0 Å². The number of hydrogen-bond acceptors (Lipinski definition) is 7. The van der Waals surface area contributed by atoms with Crippen molar-refractivity contribution in [1.29, 1.82) is 0 Å². The molecule has 5 rings (SSSR count). The van der Waals surface area contributed by atoms with Crippen LogP contribution in [0.25, 0.3) is 0 Å². The topological polar surface area (TPSA) is 125 Å². The van der Waals surface area contributed by atoms with E-state index < -0.39 is 46.6 Å². The third-order valence-corrected chi connectivity index (χ3v) is 6.24. The number of nitro groups is 1. The quantitative estimate of drug-likeness (QED) is 0.420. The van der Waals surface area contributed by atoms with Gasteiger partial charge in [-0.25, -0.2) is 4.90 Å². The average Bonchev–Trinajstić information content (AvgIpc) is 3.28. The number of anilines is 2. The molecule has 3 amide bonds. The molecule has 4 atom stereocenters. The fourth-order valence-corrected chi connectivity index (χ4v) is 4.69. The maximum Gasteiger partial charge on any atom is 0.269 e. The van der Waals surface area contributed by atoms with Crippen molar-refractivity contribution in [3.8, 4) is 0 Å². The molecule has 0 saturated carbocycles. The van der Waals surface area contributed by atoms with Crippen LogP contribution in [0.2, 0.25) is 5.02 Å². The van der Waals surface area contributed by atoms with Crippen molar-refractivity contribution >= 4 is 52.6 Å². The first kappa shape index (κ1) is 20.8. The van der Waals surface area contributed by atoms with Crippen LogP contribution >= 0.6 is 11.6 Å². The summed E-state index contributed by atoms with van der Waals surface area (Å²) in [6.07, 6.45) is 4.91. The van der Waals surface area contributed by atoms with Crippen molar-refractivity contribution in [2.24, 2.45) is 16.9 Å². The summed E-state index contributed by atoms with van der Waals surface area (Å²) in [5.74, 6) is -3.29. The Labute approximate surface area is 192 Å². The first-order valence-corrected chi connectivity index (χ1v) is 10.4. The molecule has 3 heterocycles. The molecule has 2 fully saturated rings. The van der Waals surface area contributed by atoms with Crippen molar-refractivity contribution in [2.45, 2.75) is 12.1 Å². The van der Waals surface area contributed by atoms with Gasteiger partial charge >= 0.3 is 0 Å². The summed E-state index contributed by atoms with van der Waals surface area (Å²) in [5, 5.41) is 20.0. The fourth-order valence-electron chi connectivity index (χ4n) is 4.56. The second-order valence-corrected chi connectivity index (χ2v) is 8.23. The minimum atomic E-state index is -1.02. The van der Waals surface area contributed by atoms with Gasteiger partial charge in [0.25, 0.3) is 5.69 Å². The zero-order valence-corrected chi connectivity index (χ0v) is 17.6. The number of imide groups is 1. The van der Waals surface area contributed by atoms with Gasteiger partial charge in [0.2, 0.25) is 17.7 Å². The Morgan fingerprint density at radius 1 is 1.03 bits per heavy atom. The molecule has 0 radical (unpaired) electrons. The van der Waals surface area contributed by atoms with E-state index in [1.165, 1.54) is 35.5 Å². The summed E-state index contributed by atoms with van der Waals surface area (Å²) in [5.41, 5.74) is 0.551. The van der Waals surface area contributed by atoms with Crippen LogP contribution in [-0.2, 0) is 14.4 Å². The van der Waals surface area contributed by atoms with Crippen molar-refractivity contribution < 1.29 is 19.3 Å². The van der Waals surface area contributed by atoms with E-state index in [9.17, 15) is 24.5 Å². The smallest absolute Gasteiger partial charge is 0.269 e. The Hall–Kier alpha value is -4.05. The normalized spacial score (nSPS) is 25.2. The summed E-state index contributed by atoms with van der Waals surface area (Å²) < 4.78 is 0. The van der Waals surface area contributed by atoms with Crippen LogP contribution in [-0.4, -0.2) is 46.0 Å². The highest BCUT2D eigenvalue weighted by Crippen LogP contribution is 2.45. The predicted octanol–water partition coefficient (Wildman–Crippen LogP) is 2.60. The Bertz CT molecular complexity index is 1230. The number of carbonyl (C=O) groups excluding carboxylic acids is 3. The third-order valence-electron chi connectivity index (χ3n) is 5.99. The molecule has 3 aliphatic rings. The van der Waals surface area contributed by atoms with E-state index in [1.807, 2.05) is 0 Å². The van der Waals surface area contributed by atoms with Crippen molar-refractivity contribution in [2.75, 3.05) is 10.2 Å². The maximum atomic E-state index is 13.4. The number of fused-ring (bicyclic) bond motifs is 3. The molecular formula is C22H16ClN5O5. The number of non-ortho nitro benzene ring substituents is 1.